The van der Waals surface area contributed by atoms with E-state index < -0.39 is 0 Å². The molecule has 1 aromatic heterocycles. The smallest absolute Gasteiger partial charge is 0.247 e. The Kier molecular flexibility index (Phi) is 4.52. The quantitative estimate of drug-likeness (QED) is 0.696. The second-order valence-electron chi connectivity index (χ2n) is 5.32. The second-order valence-corrected chi connectivity index (χ2v) is 5.32. The van der Waals surface area contributed by atoms with E-state index in [0.29, 0.717) is 11.5 Å². The van der Waals surface area contributed by atoms with Crippen LogP contribution >= 0.6 is 0 Å². The van der Waals surface area contributed by atoms with Gasteiger partial charge < -0.3 is 10.6 Å². The van der Waals surface area contributed by atoms with Gasteiger partial charge in [-0.1, -0.05) is 25.6 Å². The van der Waals surface area contributed by atoms with Crippen LogP contribution in [0.1, 0.15) is 12.5 Å². The van der Waals surface area contributed by atoms with Crippen LogP contribution in [0.25, 0.3) is 10.9 Å². The van der Waals surface area contributed by atoms with Crippen molar-refractivity contribution in [3.05, 3.63) is 67.0 Å². The molecule has 0 aliphatic rings. The number of rotatable bonds is 5. The summed E-state index contributed by atoms with van der Waals surface area (Å²) in [5.41, 5.74) is 3.70. The Morgan fingerprint density at radius 2 is 1.88 bits per heavy atom. The molecule has 0 spiro atoms. The minimum absolute atomic E-state index is 0.254. The molecule has 0 aliphatic carbocycles. The molecule has 5 heteroatoms. The fourth-order valence-corrected chi connectivity index (χ4v) is 2.39. The number of anilines is 3. The maximum atomic E-state index is 11.5. The van der Waals surface area contributed by atoms with Gasteiger partial charge in [0.1, 0.15) is 12.1 Å². The molecular formula is C19H18N4O. The van der Waals surface area contributed by atoms with Gasteiger partial charge in [0, 0.05) is 16.8 Å². The first-order valence-electron chi connectivity index (χ1n) is 7.73. The third-order valence-corrected chi connectivity index (χ3v) is 3.71. The molecule has 0 saturated carbocycles. The van der Waals surface area contributed by atoms with Crippen LogP contribution in [0, 0.1) is 0 Å². The zero-order valence-electron chi connectivity index (χ0n) is 13.4. The van der Waals surface area contributed by atoms with Crippen molar-refractivity contribution in [1.29, 1.82) is 0 Å². The fourth-order valence-electron chi connectivity index (χ4n) is 2.39. The minimum atomic E-state index is -0.254. The second kappa shape index (κ2) is 6.91. The van der Waals surface area contributed by atoms with Crippen molar-refractivity contribution < 1.29 is 4.79 Å². The van der Waals surface area contributed by atoms with Crippen molar-refractivity contribution in [2.24, 2.45) is 0 Å². The molecule has 0 aliphatic heterocycles. The van der Waals surface area contributed by atoms with Gasteiger partial charge in [-0.3, -0.25) is 4.79 Å². The van der Waals surface area contributed by atoms with Crippen LogP contribution in [0.5, 0.6) is 0 Å². The number of hydrogen-bond acceptors (Lipinski definition) is 4. The molecular weight excluding hydrogens is 300 g/mol. The number of hydrogen-bond donors (Lipinski definition) is 2. The lowest BCUT2D eigenvalue weighted by atomic mass is 10.1. The molecule has 5 nitrogen and oxygen atoms in total. The van der Waals surface area contributed by atoms with E-state index in [1.165, 1.54) is 18.0 Å². The maximum Gasteiger partial charge on any atom is 0.247 e. The number of benzene rings is 2. The van der Waals surface area contributed by atoms with Gasteiger partial charge >= 0.3 is 0 Å². The van der Waals surface area contributed by atoms with Crippen LogP contribution in [0.2, 0.25) is 0 Å². The highest BCUT2D eigenvalue weighted by Crippen LogP contribution is 2.26. The highest BCUT2D eigenvalue weighted by Gasteiger charge is 2.06. The number of carbonyl (C=O) groups excluding carboxylic acids is 1. The number of nitrogens with one attached hydrogen (secondary N) is 2. The zero-order valence-corrected chi connectivity index (χ0v) is 13.4. The first kappa shape index (κ1) is 15.7. The third-order valence-electron chi connectivity index (χ3n) is 3.71. The van der Waals surface area contributed by atoms with Crippen LogP contribution in [0.15, 0.2) is 61.4 Å². The Balaban J connectivity index is 1.95. The van der Waals surface area contributed by atoms with E-state index in [9.17, 15) is 4.79 Å². The summed E-state index contributed by atoms with van der Waals surface area (Å²) < 4.78 is 0. The molecule has 1 heterocycles. The number of aromatic nitrogens is 2. The molecule has 24 heavy (non-hydrogen) atoms. The summed E-state index contributed by atoms with van der Waals surface area (Å²) >= 11 is 0. The predicted octanol–water partition coefficient (Wildman–Crippen LogP) is 4.06. The Bertz CT molecular complexity index is 888. The summed E-state index contributed by atoms with van der Waals surface area (Å²) in [6.07, 6.45) is 3.76. The first-order valence-corrected chi connectivity index (χ1v) is 7.73. The molecule has 2 aromatic carbocycles. The standard InChI is InChI=1S/C19H18N4O/c1-3-13-5-7-14(8-6-13)23-19-16-11-15(22-18(24)4-2)9-10-17(16)20-12-21-19/h4-12H,2-3H2,1H3,(H,22,24)(H,20,21,23). The largest absolute Gasteiger partial charge is 0.340 e. The molecule has 0 unspecified atom stereocenters. The highest BCUT2D eigenvalue weighted by atomic mass is 16.1. The van der Waals surface area contributed by atoms with E-state index in [-0.39, 0.29) is 5.91 Å². The average Bonchev–Trinajstić information content (AvgIpc) is 2.62. The fraction of sp³-hybridized carbons (Fsp3) is 0.105. The lowest BCUT2D eigenvalue weighted by molar-refractivity contribution is -0.111. The van der Waals surface area contributed by atoms with E-state index in [4.69, 9.17) is 0 Å². The van der Waals surface area contributed by atoms with Crippen LogP contribution < -0.4 is 10.6 Å². The predicted molar refractivity (Wildman–Crippen MR) is 97.5 cm³/mol. The number of amides is 1. The van der Waals surface area contributed by atoms with Gasteiger partial charge in [-0.15, -0.1) is 0 Å². The normalized spacial score (nSPS) is 10.4. The molecule has 120 valence electrons. The average molecular weight is 318 g/mol. The molecule has 0 radical (unpaired) electrons. The lowest BCUT2D eigenvalue weighted by Gasteiger charge is -2.10. The van der Waals surface area contributed by atoms with E-state index in [1.54, 1.807) is 6.07 Å². The Hall–Kier alpha value is -3.21. The lowest BCUT2D eigenvalue weighted by Crippen LogP contribution is -2.07. The van der Waals surface area contributed by atoms with Gasteiger partial charge in [0.25, 0.3) is 0 Å². The van der Waals surface area contributed by atoms with Gasteiger partial charge in [-0.05, 0) is 48.4 Å². The number of aryl methyl sites for hydroxylation is 1. The van der Waals surface area contributed by atoms with E-state index in [2.05, 4.69) is 46.2 Å². The summed E-state index contributed by atoms with van der Waals surface area (Å²) in [7, 11) is 0. The highest BCUT2D eigenvalue weighted by molar-refractivity contribution is 6.01. The Morgan fingerprint density at radius 1 is 1.12 bits per heavy atom. The number of fused-ring (bicyclic) bond motifs is 1. The van der Waals surface area contributed by atoms with E-state index in [0.717, 1.165) is 23.0 Å². The van der Waals surface area contributed by atoms with Gasteiger partial charge in [0.15, 0.2) is 0 Å². The summed E-state index contributed by atoms with van der Waals surface area (Å²) in [6, 6.07) is 13.7. The molecule has 2 N–H and O–H groups in total. The van der Waals surface area contributed by atoms with Crippen molar-refractivity contribution in [2.45, 2.75) is 13.3 Å². The topological polar surface area (TPSA) is 66.9 Å². The van der Waals surface area contributed by atoms with E-state index >= 15 is 0 Å². The van der Waals surface area contributed by atoms with Crippen molar-refractivity contribution in [1.82, 2.24) is 9.97 Å². The number of nitrogens with zero attached hydrogens (tertiary/aromatic N) is 2. The SMILES string of the molecule is C=CC(=O)Nc1ccc2ncnc(Nc3ccc(CC)cc3)c2c1. The van der Waals surface area contributed by atoms with Gasteiger partial charge in [0.2, 0.25) is 5.91 Å². The van der Waals surface area contributed by atoms with Crippen LogP contribution in [-0.4, -0.2) is 15.9 Å². The molecule has 3 rings (SSSR count). The van der Waals surface area contributed by atoms with Crippen LogP contribution in [0.4, 0.5) is 17.2 Å². The Labute approximate surface area is 140 Å². The van der Waals surface area contributed by atoms with Crippen LogP contribution in [0.3, 0.4) is 0 Å². The monoisotopic (exact) mass is 318 g/mol. The summed E-state index contributed by atoms with van der Waals surface area (Å²) in [6.45, 7) is 5.58. The summed E-state index contributed by atoms with van der Waals surface area (Å²) in [5.74, 6) is 0.440. The molecule has 0 atom stereocenters. The Morgan fingerprint density at radius 3 is 2.58 bits per heavy atom. The van der Waals surface area contributed by atoms with Gasteiger partial charge in [0.05, 0.1) is 5.52 Å². The van der Waals surface area contributed by atoms with Crippen molar-refractivity contribution in [3.8, 4) is 0 Å². The molecule has 0 bridgehead atoms. The third kappa shape index (κ3) is 3.41. The molecule has 1 amide bonds. The van der Waals surface area contributed by atoms with Gasteiger partial charge in [-0.2, -0.15) is 0 Å². The molecule has 0 fully saturated rings. The van der Waals surface area contributed by atoms with Gasteiger partial charge in [-0.25, -0.2) is 9.97 Å². The molecule has 3 aromatic rings. The maximum absolute atomic E-state index is 11.5. The zero-order chi connectivity index (χ0) is 16.9. The number of carbonyl (C=O) groups is 1. The van der Waals surface area contributed by atoms with Crippen LogP contribution in [-0.2, 0) is 11.2 Å². The summed E-state index contributed by atoms with van der Waals surface area (Å²) in [4.78, 5) is 20.1. The van der Waals surface area contributed by atoms with Crippen molar-refractivity contribution >= 4 is 34.0 Å². The first-order chi connectivity index (χ1) is 11.7. The van der Waals surface area contributed by atoms with Crippen molar-refractivity contribution in [3.63, 3.8) is 0 Å². The van der Waals surface area contributed by atoms with Crippen molar-refractivity contribution in [2.75, 3.05) is 10.6 Å². The van der Waals surface area contributed by atoms with E-state index in [1.807, 2.05) is 24.3 Å². The molecule has 0 saturated heterocycles. The minimum Gasteiger partial charge on any atom is -0.340 e. The summed E-state index contributed by atoms with van der Waals surface area (Å²) in [5, 5.41) is 6.89.